The second-order valence-corrected chi connectivity index (χ2v) is 8.42. The molecule has 29 heavy (non-hydrogen) atoms. The van der Waals surface area contributed by atoms with Gasteiger partial charge < -0.3 is 15.7 Å². The van der Waals surface area contributed by atoms with Gasteiger partial charge in [-0.1, -0.05) is 29.4 Å². The molecule has 5 nitrogen and oxygen atoms in total. The number of rotatable bonds is 3. The Bertz CT molecular complexity index is 805. The van der Waals surface area contributed by atoms with Crippen molar-refractivity contribution in [2.45, 2.75) is 22.3 Å². The van der Waals surface area contributed by atoms with E-state index in [1.807, 2.05) is 18.2 Å². The number of hydrogen-bond donors (Lipinski definition) is 2. The molecular weight excluding hydrogens is 455 g/mol. The summed E-state index contributed by atoms with van der Waals surface area (Å²) in [5.41, 5.74) is 2.54. The predicted molar refractivity (Wildman–Crippen MR) is 123 cm³/mol. The van der Waals surface area contributed by atoms with E-state index in [0.29, 0.717) is 5.75 Å². The number of β-amino-alcohol motifs (C(OH)–C–C–N with tert-alkyl or cyclic N) is 1. The second kappa shape index (κ2) is 11.6. The Morgan fingerprint density at radius 2 is 1.72 bits per heavy atom. The number of phenolic OH excluding ortho intramolecular Hbond substituents is 1. The topological polar surface area (TPSA) is 78.4 Å². The largest absolute Gasteiger partial charge is 0.508 e. The van der Waals surface area contributed by atoms with Gasteiger partial charge in [-0.2, -0.15) is 0 Å². The van der Waals surface area contributed by atoms with Crippen molar-refractivity contribution in [1.82, 2.24) is 9.80 Å². The first-order valence-corrected chi connectivity index (χ1v) is 10.2. The summed E-state index contributed by atoms with van der Waals surface area (Å²) in [5, 5.41) is 19.8. The van der Waals surface area contributed by atoms with Crippen molar-refractivity contribution < 1.29 is 15.7 Å². The molecule has 0 radical (unpaired) electrons. The molecule has 1 unspecified atom stereocenters. The molecule has 0 bridgehead atoms. The van der Waals surface area contributed by atoms with Crippen molar-refractivity contribution in [3.8, 4) is 5.75 Å². The van der Waals surface area contributed by atoms with Crippen LogP contribution in [-0.4, -0.2) is 64.8 Å². The van der Waals surface area contributed by atoms with Gasteiger partial charge in [0.05, 0.1) is 6.61 Å². The molecule has 2 aliphatic rings. The Kier molecular flexibility index (Phi) is 10.6. The zero-order chi connectivity index (χ0) is 18.1. The number of hydrogen-bond acceptors (Lipinski definition) is 5. The molecule has 2 aliphatic heterocycles. The van der Waals surface area contributed by atoms with Crippen LogP contribution < -0.4 is 0 Å². The molecule has 0 aromatic heterocycles. The second-order valence-electron chi connectivity index (χ2n) is 6.90. The van der Waals surface area contributed by atoms with E-state index < -0.39 is 0 Å². The van der Waals surface area contributed by atoms with Gasteiger partial charge in [0.2, 0.25) is 0 Å². The average Bonchev–Trinajstić information content (AvgIpc) is 2.79. The van der Waals surface area contributed by atoms with Gasteiger partial charge in [0, 0.05) is 53.6 Å². The monoisotopic (exact) mass is 480 g/mol. The van der Waals surface area contributed by atoms with E-state index in [9.17, 15) is 5.11 Å². The molecule has 2 heterocycles. The number of fused-ring (bicyclic) bond motifs is 2. The lowest BCUT2D eigenvalue weighted by atomic mass is 9.96. The zero-order valence-corrected chi connectivity index (χ0v) is 19.1. The van der Waals surface area contributed by atoms with Crippen LogP contribution in [0.5, 0.6) is 5.75 Å². The van der Waals surface area contributed by atoms with Crippen LogP contribution >= 0.6 is 48.2 Å². The van der Waals surface area contributed by atoms with Crippen LogP contribution in [-0.2, 0) is 6.42 Å². The summed E-state index contributed by atoms with van der Waals surface area (Å²) in [6.07, 6.45) is 0.913. The summed E-state index contributed by atoms with van der Waals surface area (Å²) >= 11 is 8.05. The maximum Gasteiger partial charge on any atom is 0.116 e. The normalized spacial score (nSPS) is 18.9. The first kappa shape index (κ1) is 26.3. The fourth-order valence-electron chi connectivity index (χ4n) is 3.88. The summed E-state index contributed by atoms with van der Waals surface area (Å²) in [7, 11) is 0. The SMILES string of the molecule is Cl.Cl.O.OCCN1CCN(C2Cc3ccc(O)cc3Sc3ccc(Cl)cc32)CC1. The third-order valence-electron chi connectivity index (χ3n) is 5.28. The smallest absolute Gasteiger partial charge is 0.116 e. The minimum absolute atomic E-state index is 0. The van der Waals surface area contributed by atoms with Gasteiger partial charge in [-0.05, 0) is 47.9 Å². The van der Waals surface area contributed by atoms with Crippen LogP contribution in [0.15, 0.2) is 46.2 Å². The zero-order valence-electron chi connectivity index (χ0n) is 15.9. The highest BCUT2D eigenvalue weighted by Gasteiger charge is 2.30. The number of aliphatic hydroxyl groups excluding tert-OH is 1. The van der Waals surface area contributed by atoms with Gasteiger partial charge in [0.25, 0.3) is 0 Å². The molecule has 1 fully saturated rings. The first-order valence-electron chi connectivity index (χ1n) is 9.00. The molecule has 9 heteroatoms. The van der Waals surface area contributed by atoms with E-state index in [2.05, 4.69) is 21.9 Å². The summed E-state index contributed by atoms with van der Waals surface area (Å²) in [5.74, 6) is 0.308. The molecule has 0 aliphatic carbocycles. The summed E-state index contributed by atoms with van der Waals surface area (Å²) in [6, 6.07) is 12.1. The lowest BCUT2D eigenvalue weighted by molar-refractivity contribution is 0.0823. The van der Waals surface area contributed by atoms with Crippen LogP contribution in [0.25, 0.3) is 0 Å². The van der Waals surface area contributed by atoms with Crippen molar-refractivity contribution in [3.05, 3.63) is 52.5 Å². The Morgan fingerprint density at radius 1 is 1.00 bits per heavy atom. The Morgan fingerprint density at radius 3 is 2.41 bits per heavy atom. The third kappa shape index (κ3) is 5.93. The summed E-state index contributed by atoms with van der Waals surface area (Å²) in [6.45, 7) is 4.88. The minimum Gasteiger partial charge on any atom is -0.508 e. The highest BCUT2D eigenvalue weighted by Crippen LogP contribution is 2.44. The van der Waals surface area contributed by atoms with Crippen molar-refractivity contribution in [1.29, 1.82) is 0 Å². The lowest BCUT2D eigenvalue weighted by Crippen LogP contribution is -2.48. The van der Waals surface area contributed by atoms with Gasteiger partial charge >= 0.3 is 0 Å². The Balaban J connectivity index is 0.00000140. The number of halogens is 3. The van der Waals surface area contributed by atoms with Crippen LogP contribution in [0, 0.1) is 0 Å². The van der Waals surface area contributed by atoms with Gasteiger partial charge in [0.15, 0.2) is 0 Å². The number of benzene rings is 2. The van der Waals surface area contributed by atoms with Crippen LogP contribution in [0.1, 0.15) is 17.2 Å². The highest BCUT2D eigenvalue weighted by atomic mass is 35.5. The molecule has 0 amide bonds. The number of aliphatic hydroxyl groups is 1. The van der Waals surface area contributed by atoms with Crippen LogP contribution in [0.3, 0.4) is 0 Å². The van der Waals surface area contributed by atoms with Crippen molar-refractivity contribution in [2.75, 3.05) is 39.3 Å². The highest BCUT2D eigenvalue weighted by molar-refractivity contribution is 7.99. The third-order valence-corrected chi connectivity index (χ3v) is 6.71. The van der Waals surface area contributed by atoms with Crippen molar-refractivity contribution in [2.24, 2.45) is 0 Å². The standard InChI is InChI=1S/C20H23ClN2O2S.2ClH.H2O/c21-15-2-4-19-17(12-15)18(23-7-5-22(6-8-23)9-10-24)11-14-1-3-16(25)13-20(14)26-19;;;/h1-4,12-13,18,24-25H,5-11H2;2*1H;1H2. The van der Waals surface area contributed by atoms with Crippen molar-refractivity contribution in [3.63, 3.8) is 0 Å². The molecule has 4 rings (SSSR count). The summed E-state index contributed by atoms with van der Waals surface area (Å²) in [4.78, 5) is 7.18. The van der Waals surface area contributed by atoms with E-state index in [4.69, 9.17) is 16.7 Å². The molecule has 2 aromatic carbocycles. The summed E-state index contributed by atoms with van der Waals surface area (Å²) < 4.78 is 0. The lowest BCUT2D eigenvalue weighted by Gasteiger charge is -2.39. The number of piperazine rings is 1. The predicted octanol–water partition coefficient (Wildman–Crippen LogP) is 3.42. The van der Waals surface area contributed by atoms with Gasteiger partial charge in [-0.25, -0.2) is 0 Å². The molecular formula is C20H27Cl3N2O3S. The minimum atomic E-state index is 0. The maximum atomic E-state index is 9.90. The van der Waals surface area contributed by atoms with Gasteiger partial charge in [-0.15, -0.1) is 24.8 Å². The molecule has 1 saturated heterocycles. The van der Waals surface area contributed by atoms with E-state index in [1.165, 1.54) is 16.0 Å². The first-order chi connectivity index (χ1) is 12.6. The number of aromatic hydroxyl groups is 1. The molecule has 0 spiro atoms. The maximum absolute atomic E-state index is 9.90. The van der Waals surface area contributed by atoms with E-state index in [1.54, 1.807) is 17.8 Å². The van der Waals surface area contributed by atoms with E-state index in [-0.39, 0.29) is 42.9 Å². The van der Waals surface area contributed by atoms with E-state index in [0.717, 1.165) is 49.1 Å². The van der Waals surface area contributed by atoms with Crippen LogP contribution in [0.4, 0.5) is 0 Å². The Hall–Kier alpha value is -0.700. The fourth-order valence-corrected chi connectivity index (χ4v) is 5.21. The fraction of sp³-hybridized carbons (Fsp3) is 0.400. The molecule has 4 N–H and O–H groups in total. The van der Waals surface area contributed by atoms with Crippen molar-refractivity contribution >= 4 is 48.2 Å². The molecule has 162 valence electrons. The molecule has 2 aromatic rings. The molecule has 1 atom stereocenters. The Labute approximate surface area is 193 Å². The quantitative estimate of drug-likeness (QED) is 0.702. The van der Waals surface area contributed by atoms with Crippen LogP contribution in [0.2, 0.25) is 5.02 Å². The average molecular weight is 482 g/mol. The van der Waals surface area contributed by atoms with Gasteiger partial charge in [0.1, 0.15) is 5.75 Å². The van der Waals surface area contributed by atoms with Gasteiger partial charge in [-0.3, -0.25) is 9.80 Å². The van der Waals surface area contributed by atoms with E-state index >= 15 is 0 Å². The number of nitrogens with zero attached hydrogens (tertiary/aromatic N) is 2. The molecule has 0 saturated carbocycles. The number of phenols is 1.